The Morgan fingerprint density at radius 3 is 1.52 bits per heavy atom. The molecule has 3 rings (SSSR count). The molecule has 10 N–H and O–H groups in total. The number of nitrogens with one attached hydrogen (secondary N) is 2. The van der Waals surface area contributed by atoms with Crippen molar-refractivity contribution in [2.75, 3.05) is 26.3 Å². The lowest BCUT2D eigenvalue weighted by atomic mass is 10.0. The number of amides is 4. The van der Waals surface area contributed by atoms with Gasteiger partial charge in [-0.05, 0) is 39.5 Å². The zero-order valence-electron chi connectivity index (χ0n) is 26.0. The first kappa shape index (κ1) is 37.9. The first-order chi connectivity index (χ1) is 21.7. The van der Waals surface area contributed by atoms with E-state index in [2.05, 4.69) is 10.6 Å². The molecule has 3 heterocycles. The maximum absolute atomic E-state index is 13.3. The monoisotopic (exact) mass is 664 g/mol. The first-order valence-corrected chi connectivity index (χ1v) is 15.5. The molecule has 3 saturated heterocycles. The van der Waals surface area contributed by atoms with E-state index in [1.807, 2.05) is 0 Å². The minimum absolute atomic E-state index is 0.0282. The van der Waals surface area contributed by atoms with Crippen molar-refractivity contribution >= 4 is 23.6 Å². The molecule has 46 heavy (non-hydrogen) atoms. The first-order valence-electron chi connectivity index (χ1n) is 15.5. The minimum atomic E-state index is -1.51. The quantitative estimate of drug-likeness (QED) is 0.0745. The van der Waals surface area contributed by atoms with Crippen LogP contribution in [0, 0.1) is 0 Å². The molecule has 3 aliphatic rings. The van der Waals surface area contributed by atoms with Crippen LogP contribution in [0.5, 0.6) is 0 Å². The second-order valence-corrected chi connectivity index (χ2v) is 11.8. The molecule has 18 nitrogen and oxygen atoms in total. The fraction of sp³-hybridized carbons (Fsp3) is 0.857. The van der Waals surface area contributed by atoms with Crippen LogP contribution in [0.1, 0.15) is 52.4 Å². The van der Waals surface area contributed by atoms with Crippen molar-refractivity contribution in [2.45, 2.75) is 126 Å². The number of ether oxygens (including phenoxy) is 4. The topological polar surface area (TPSA) is 280 Å². The molecule has 1 unspecified atom stereocenters. The van der Waals surface area contributed by atoms with Crippen molar-refractivity contribution in [3.63, 3.8) is 0 Å². The summed E-state index contributed by atoms with van der Waals surface area (Å²) in [6.45, 7) is 2.64. The number of rotatable bonds is 15. The zero-order valence-corrected chi connectivity index (χ0v) is 26.0. The Balaban J connectivity index is 1.53. The largest absolute Gasteiger partial charge is 0.388 e. The van der Waals surface area contributed by atoms with Gasteiger partial charge in [-0.1, -0.05) is 0 Å². The van der Waals surface area contributed by atoms with E-state index in [0.29, 0.717) is 12.8 Å². The van der Waals surface area contributed by atoms with Gasteiger partial charge in [0.05, 0.1) is 25.4 Å². The molecule has 0 saturated carbocycles. The highest BCUT2D eigenvalue weighted by Gasteiger charge is 2.45. The van der Waals surface area contributed by atoms with Crippen molar-refractivity contribution in [3.8, 4) is 0 Å². The number of carbonyl (C=O) groups excluding carboxylic acids is 4. The number of likely N-dealkylation sites (tertiary alicyclic amines) is 1. The van der Waals surface area contributed by atoms with Crippen LogP contribution in [-0.4, -0.2) is 159 Å². The highest BCUT2D eigenvalue weighted by molar-refractivity contribution is 5.94. The van der Waals surface area contributed by atoms with Gasteiger partial charge < -0.3 is 70.9 Å². The van der Waals surface area contributed by atoms with Gasteiger partial charge in [0.2, 0.25) is 23.6 Å². The van der Waals surface area contributed by atoms with Crippen LogP contribution in [0.25, 0.3) is 0 Å². The van der Waals surface area contributed by atoms with Crippen LogP contribution in [0.15, 0.2) is 0 Å². The van der Waals surface area contributed by atoms with Gasteiger partial charge in [0.15, 0.2) is 12.6 Å². The van der Waals surface area contributed by atoms with Gasteiger partial charge in [0, 0.05) is 25.9 Å². The van der Waals surface area contributed by atoms with Crippen LogP contribution in [0.3, 0.4) is 0 Å². The van der Waals surface area contributed by atoms with Gasteiger partial charge >= 0.3 is 0 Å². The minimum Gasteiger partial charge on any atom is -0.388 e. The second-order valence-electron chi connectivity index (χ2n) is 11.8. The summed E-state index contributed by atoms with van der Waals surface area (Å²) in [5.41, 5.74) is 5.17. The van der Waals surface area contributed by atoms with Crippen LogP contribution < -0.4 is 16.4 Å². The van der Waals surface area contributed by atoms with Crippen molar-refractivity contribution in [3.05, 3.63) is 0 Å². The van der Waals surface area contributed by atoms with Crippen molar-refractivity contribution in [2.24, 2.45) is 5.73 Å². The number of hydrogen-bond acceptors (Lipinski definition) is 14. The van der Waals surface area contributed by atoms with Gasteiger partial charge in [-0.3, -0.25) is 19.2 Å². The number of nitrogens with two attached hydrogens (primary N) is 1. The zero-order chi connectivity index (χ0) is 34.1. The van der Waals surface area contributed by atoms with E-state index in [9.17, 15) is 49.8 Å². The second kappa shape index (κ2) is 17.6. The molecule has 0 aliphatic carbocycles. The average molecular weight is 665 g/mol. The standard InChI is InChI=1S/C28H48N4O14/c1-13-19(35)21(37)23(39)27(45-13)43-11-9-30-25(41)15-7-8-16(32(15)18(34)6-4-3-5-17(29)33)26(42)31-10-12-44-28-24(40)22(38)20(36)14(2)46-28/h13-16,19-24,27-28,35-40H,3-12H2,1-2H3,(H2,29,33)(H,30,41)(H,31,42)/t13-,14-,15-,16?,19+,20+,21+,22+,23-,24-,27+,28+/m0/s1. The normalized spacial score (nSPS) is 36.3. The van der Waals surface area contributed by atoms with Crippen molar-refractivity contribution < 1.29 is 68.8 Å². The fourth-order valence-electron chi connectivity index (χ4n) is 5.61. The molecule has 3 fully saturated rings. The summed E-state index contributed by atoms with van der Waals surface area (Å²) < 4.78 is 21.6. The predicted molar refractivity (Wildman–Crippen MR) is 154 cm³/mol. The summed E-state index contributed by atoms with van der Waals surface area (Å²) in [6, 6.07) is -1.96. The Hall–Kier alpha value is -2.52. The lowest BCUT2D eigenvalue weighted by Crippen LogP contribution is -2.57. The number of hydrogen-bond donors (Lipinski definition) is 9. The van der Waals surface area contributed by atoms with E-state index < -0.39 is 97.1 Å². The summed E-state index contributed by atoms with van der Waals surface area (Å²) >= 11 is 0. The molecule has 3 aliphatic heterocycles. The van der Waals surface area contributed by atoms with Crippen LogP contribution in [0.2, 0.25) is 0 Å². The molecule has 0 aromatic rings. The average Bonchev–Trinajstić information content (AvgIpc) is 3.47. The molecule has 264 valence electrons. The van der Waals surface area contributed by atoms with Crippen LogP contribution >= 0.6 is 0 Å². The van der Waals surface area contributed by atoms with Crippen LogP contribution in [0.4, 0.5) is 0 Å². The molecule has 0 spiro atoms. The lowest BCUT2D eigenvalue weighted by Gasteiger charge is -2.39. The van der Waals surface area contributed by atoms with Gasteiger partial charge in [-0.2, -0.15) is 0 Å². The Morgan fingerprint density at radius 1 is 0.696 bits per heavy atom. The highest BCUT2D eigenvalue weighted by Crippen LogP contribution is 2.27. The predicted octanol–water partition coefficient (Wildman–Crippen LogP) is -4.69. The summed E-state index contributed by atoms with van der Waals surface area (Å²) in [6.07, 6.45) is -11.5. The summed E-state index contributed by atoms with van der Waals surface area (Å²) in [7, 11) is 0. The summed E-state index contributed by atoms with van der Waals surface area (Å²) in [5.74, 6) is -2.06. The Labute approximate surface area is 266 Å². The van der Waals surface area contributed by atoms with Crippen molar-refractivity contribution in [1.29, 1.82) is 0 Å². The van der Waals surface area contributed by atoms with E-state index in [4.69, 9.17) is 24.7 Å². The number of nitrogens with zero attached hydrogens (tertiary/aromatic N) is 1. The molecule has 12 atom stereocenters. The SMILES string of the molecule is C[C@@H]1O[C@@H](OCCNC(=O)C2CC[C@@H](C(=O)NCCO[C@@H]3O[C@@H](C)[C@@H](O)[C@@H](O)[C@@H]3O)N2C(=O)CCCCC(N)=O)[C@@H](O)[C@H](O)[C@@H]1O. The number of aliphatic hydroxyl groups is 6. The Bertz CT molecular complexity index is 976. The molecular formula is C28H48N4O14. The molecule has 0 radical (unpaired) electrons. The smallest absolute Gasteiger partial charge is 0.242 e. The third-order valence-electron chi connectivity index (χ3n) is 8.33. The van der Waals surface area contributed by atoms with Gasteiger partial charge in [-0.25, -0.2) is 0 Å². The molecule has 0 aromatic carbocycles. The molecular weight excluding hydrogens is 616 g/mol. The third-order valence-corrected chi connectivity index (χ3v) is 8.33. The summed E-state index contributed by atoms with van der Waals surface area (Å²) in [5, 5.41) is 64.9. The van der Waals surface area contributed by atoms with Gasteiger partial charge in [0.25, 0.3) is 0 Å². The van der Waals surface area contributed by atoms with E-state index in [-0.39, 0.29) is 52.0 Å². The number of primary amides is 1. The van der Waals surface area contributed by atoms with Gasteiger partial charge in [-0.15, -0.1) is 0 Å². The molecule has 18 heteroatoms. The highest BCUT2D eigenvalue weighted by atomic mass is 16.7. The van der Waals surface area contributed by atoms with E-state index in [1.54, 1.807) is 0 Å². The number of aliphatic hydroxyl groups excluding tert-OH is 6. The van der Waals surface area contributed by atoms with Crippen molar-refractivity contribution in [1.82, 2.24) is 15.5 Å². The van der Waals surface area contributed by atoms with Gasteiger partial charge in [0.1, 0.15) is 48.7 Å². The Kier molecular flexibility index (Phi) is 14.5. The van der Waals surface area contributed by atoms with E-state index in [1.165, 1.54) is 18.7 Å². The van der Waals surface area contributed by atoms with E-state index in [0.717, 1.165) is 0 Å². The molecule has 0 aromatic heterocycles. The third kappa shape index (κ3) is 9.75. The fourth-order valence-corrected chi connectivity index (χ4v) is 5.61. The Morgan fingerprint density at radius 2 is 1.11 bits per heavy atom. The lowest BCUT2D eigenvalue weighted by molar-refractivity contribution is -0.292. The molecule has 0 bridgehead atoms. The molecule has 4 amide bonds. The summed E-state index contributed by atoms with van der Waals surface area (Å²) in [4.78, 5) is 51.9. The maximum atomic E-state index is 13.3. The number of unbranched alkanes of at least 4 members (excludes halogenated alkanes) is 1. The number of carbonyl (C=O) groups is 4. The van der Waals surface area contributed by atoms with Crippen LogP contribution in [-0.2, 0) is 38.1 Å². The van der Waals surface area contributed by atoms with E-state index >= 15 is 0 Å². The maximum Gasteiger partial charge on any atom is 0.242 e.